The molecule has 2 aromatic rings. The van der Waals surface area contributed by atoms with Crippen molar-refractivity contribution < 1.29 is 23.1 Å². The second-order valence-corrected chi connectivity index (χ2v) is 14.3. The third kappa shape index (κ3) is 4.96. The molecule has 39 heavy (non-hydrogen) atoms. The number of rotatable bonds is 0. The molecule has 6 rings (SSSR count). The van der Waals surface area contributed by atoms with Gasteiger partial charge in [-0.1, -0.05) is 29.8 Å². The zero-order valence-corrected chi connectivity index (χ0v) is 23.7. The summed E-state index contributed by atoms with van der Waals surface area (Å²) in [5.41, 5.74) is 3.33. The highest BCUT2D eigenvalue weighted by Crippen LogP contribution is 2.46. The lowest BCUT2D eigenvalue weighted by atomic mass is 9.68. The number of anilines is 1. The molecular formula is C30H35ClN2O5S. The number of amides is 1. The van der Waals surface area contributed by atoms with Crippen LogP contribution in [0.3, 0.4) is 0 Å². The highest BCUT2D eigenvalue weighted by molar-refractivity contribution is 7.90. The number of aryl methyl sites for hydroxylation is 1. The maximum absolute atomic E-state index is 13.1. The topological polar surface area (TPSA) is 95.9 Å². The Morgan fingerprint density at radius 2 is 2.03 bits per heavy atom. The smallest absolute Gasteiger partial charge is 0.264 e. The van der Waals surface area contributed by atoms with E-state index in [4.69, 9.17) is 16.3 Å². The summed E-state index contributed by atoms with van der Waals surface area (Å²) in [4.78, 5) is 15.4. The Bertz CT molecular complexity index is 1430. The van der Waals surface area contributed by atoms with Crippen LogP contribution in [0.2, 0.25) is 5.02 Å². The summed E-state index contributed by atoms with van der Waals surface area (Å²) >= 11 is 6.36. The normalized spacial score (nSPS) is 32.7. The van der Waals surface area contributed by atoms with Gasteiger partial charge in [-0.05, 0) is 98.7 Å². The van der Waals surface area contributed by atoms with Gasteiger partial charge in [-0.2, -0.15) is 0 Å². The van der Waals surface area contributed by atoms with E-state index in [9.17, 15) is 18.3 Å². The quantitative estimate of drug-likeness (QED) is 0.449. The molecule has 2 bridgehead atoms. The van der Waals surface area contributed by atoms with E-state index in [1.807, 2.05) is 6.07 Å². The molecule has 2 aliphatic heterocycles. The Hall–Kier alpha value is -2.55. The fourth-order valence-electron chi connectivity index (χ4n) is 6.78. The molecular weight excluding hydrogens is 536 g/mol. The number of allylic oxidation sites excluding steroid dienone is 1. The van der Waals surface area contributed by atoms with Crippen LogP contribution in [-0.2, 0) is 21.9 Å². The summed E-state index contributed by atoms with van der Waals surface area (Å²) in [5, 5.41) is 10.9. The molecule has 9 heteroatoms. The summed E-state index contributed by atoms with van der Waals surface area (Å²) in [5.74, 6) is 0.398. The van der Waals surface area contributed by atoms with Gasteiger partial charge in [0.2, 0.25) is 10.0 Å². The molecule has 2 aromatic carbocycles. The van der Waals surface area contributed by atoms with Gasteiger partial charge >= 0.3 is 0 Å². The average molecular weight is 571 g/mol. The molecule has 2 N–H and O–H groups in total. The Morgan fingerprint density at radius 1 is 1.18 bits per heavy atom. The van der Waals surface area contributed by atoms with Gasteiger partial charge < -0.3 is 14.7 Å². The molecule has 208 valence electrons. The van der Waals surface area contributed by atoms with Crippen molar-refractivity contribution in [1.82, 2.24) is 4.72 Å². The van der Waals surface area contributed by atoms with Crippen LogP contribution in [0.4, 0.5) is 5.69 Å². The number of carbonyl (C=O) groups excluding carboxylic acids is 1. The SMILES string of the molecule is C[C@H]1C/C=C\[C@@H](O)[C@@H]2CC[C@H]2CN2C[C@@]3(CCCc4cc(Cl)ccc43)COc3ccc(cc32)C(=O)NS1(=O)=O. The van der Waals surface area contributed by atoms with E-state index in [1.54, 1.807) is 37.3 Å². The van der Waals surface area contributed by atoms with Crippen LogP contribution in [-0.4, -0.2) is 50.5 Å². The van der Waals surface area contributed by atoms with Crippen LogP contribution in [0.5, 0.6) is 5.75 Å². The zero-order chi connectivity index (χ0) is 27.4. The number of carbonyl (C=O) groups is 1. The lowest BCUT2D eigenvalue weighted by Crippen LogP contribution is -2.49. The minimum absolute atomic E-state index is 0.0993. The van der Waals surface area contributed by atoms with Crippen LogP contribution in [0, 0.1) is 11.8 Å². The average Bonchev–Trinajstić information content (AvgIpc) is 3.02. The number of sulfonamides is 1. The number of halogens is 1. The third-order valence-corrected chi connectivity index (χ3v) is 11.2. The molecule has 2 heterocycles. The molecule has 4 aliphatic rings. The van der Waals surface area contributed by atoms with Crippen molar-refractivity contribution in [3.63, 3.8) is 0 Å². The molecule has 0 aromatic heterocycles. The van der Waals surface area contributed by atoms with Gasteiger partial charge in [0.25, 0.3) is 5.91 Å². The second-order valence-electron chi connectivity index (χ2n) is 11.7. The van der Waals surface area contributed by atoms with Crippen LogP contribution in [0.1, 0.15) is 60.5 Å². The van der Waals surface area contributed by atoms with Gasteiger partial charge in [0.1, 0.15) is 5.75 Å². The number of aliphatic hydroxyl groups excluding tert-OH is 1. The fraction of sp³-hybridized carbons (Fsp3) is 0.500. The van der Waals surface area contributed by atoms with Gasteiger partial charge in [-0.25, -0.2) is 13.1 Å². The number of ether oxygens (including phenoxy) is 1. The Morgan fingerprint density at radius 3 is 2.82 bits per heavy atom. The first kappa shape index (κ1) is 26.7. The predicted molar refractivity (Wildman–Crippen MR) is 152 cm³/mol. The molecule has 7 nitrogen and oxygen atoms in total. The van der Waals surface area contributed by atoms with Gasteiger partial charge in [0, 0.05) is 29.1 Å². The van der Waals surface area contributed by atoms with Crippen molar-refractivity contribution in [1.29, 1.82) is 0 Å². The maximum atomic E-state index is 13.1. The van der Waals surface area contributed by atoms with E-state index in [-0.39, 0.29) is 29.2 Å². The largest absolute Gasteiger partial charge is 0.490 e. The molecule has 1 spiro atoms. The molecule has 5 atom stereocenters. The molecule has 0 unspecified atom stereocenters. The summed E-state index contributed by atoms with van der Waals surface area (Å²) in [7, 11) is -3.90. The number of nitrogens with zero attached hydrogens (tertiary/aromatic N) is 1. The first-order valence-corrected chi connectivity index (χ1v) is 15.8. The lowest BCUT2D eigenvalue weighted by molar-refractivity contribution is 0.0456. The van der Waals surface area contributed by atoms with E-state index in [1.165, 1.54) is 11.1 Å². The van der Waals surface area contributed by atoms with Crippen LogP contribution in [0.25, 0.3) is 0 Å². The molecule has 0 saturated heterocycles. The van der Waals surface area contributed by atoms with Crippen LogP contribution in [0.15, 0.2) is 48.6 Å². The summed E-state index contributed by atoms with van der Waals surface area (Å²) in [6.07, 6.45) is 7.93. The minimum atomic E-state index is -3.90. The number of hydrogen-bond acceptors (Lipinski definition) is 6. The summed E-state index contributed by atoms with van der Waals surface area (Å²) in [6, 6.07) is 11.3. The van der Waals surface area contributed by atoms with Crippen LogP contribution < -0.4 is 14.4 Å². The molecule has 1 amide bonds. The standard InChI is InChI=1S/C30H35ClN2O5S/c1-19-4-2-6-27(34)24-10-7-22(24)16-33-17-30(13-3-5-20-14-23(31)9-11-25(20)30)18-38-28-12-8-21(15-26(28)33)29(35)32-39(19,36)37/h2,6,8-9,11-12,14-15,19,22,24,27,34H,3-5,7,10,13,16-18H2,1H3,(H,32,35)/b6-2-/t19-,22-,24+,27+,30-/m0/s1. The van der Waals surface area contributed by atoms with Gasteiger partial charge in [0.15, 0.2) is 0 Å². The van der Waals surface area contributed by atoms with E-state index >= 15 is 0 Å². The Labute approximate surface area is 235 Å². The van der Waals surface area contributed by atoms with E-state index in [0.717, 1.165) is 49.4 Å². The molecule has 1 fully saturated rings. The predicted octanol–water partition coefficient (Wildman–Crippen LogP) is 4.61. The summed E-state index contributed by atoms with van der Waals surface area (Å²) in [6.45, 7) is 3.49. The number of nitrogens with one attached hydrogen (secondary N) is 1. The lowest BCUT2D eigenvalue weighted by Gasteiger charge is -2.45. The van der Waals surface area contributed by atoms with Crippen molar-refractivity contribution in [2.75, 3.05) is 24.6 Å². The van der Waals surface area contributed by atoms with E-state index in [0.29, 0.717) is 18.9 Å². The van der Waals surface area contributed by atoms with Gasteiger partial charge in [-0.3, -0.25) is 4.79 Å². The summed E-state index contributed by atoms with van der Waals surface area (Å²) < 4.78 is 34.5. The van der Waals surface area contributed by atoms with Crippen molar-refractivity contribution in [3.8, 4) is 5.75 Å². The fourth-order valence-corrected chi connectivity index (χ4v) is 7.91. The highest BCUT2D eigenvalue weighted by Gasteiger charge is 2.44. The van der Waals surface area contributed by atoms with Crippen LogP contribution >= 0.6 is 11.6 Å². The molecule has 2 aliphatic carbocycles. The number of aliphatic hydroxyl groups is 1. The second kappa shape index (κ2) is 10.1. The van der Waals surface area contributed by atoms with Crippen molar-refractivity contribution in [2.24, 2.45) is 11.8 Å². The Kier molecular flexibility index (Phi) is 6.92. The first-order chi connectivity index (χ1) is 18.6. The maximum Gasteiger partial charge on any atom is 0.264 e. The van der Waals surface area contributed by atoms with Crippen molar-refractivity contribution in [2.45, 2.75) is 62.2 Å². The zero-order valence-electron chi connectivity index (χ0n) is 22.1. The number of benzene rings is 2. The monoisotopic (exact) mass is 570 g/mol. The van der Waals surface area contributed by atoms with Gasteiger partial charge in [0.05, 0.1) is 23.6 Å². The first-order valence-electron chi connectivity index (χ1n) is 13.9. The Balaban J connectivity index is 1.43. The number of fused-ring (bicyclic) bond motifs is 4. The highest BCUT2D eigenvalue weighted by atomic mass is 35.5. The molecule has 1 saturated carbocycles. The number of hydrogen-bond donors (Lipinski definition) is 2. The molecule has 0 radical (unpaired) electrons. The van der Waals surface area contributed by atoms with Gasteiger partial charge in [-0.15, -0.1) is 0 Å². The van der Waals surface area contributed by atoms with Crippen molar-refractivity contribution in [3.05, 3.63) is 70.3 Å². The van der Waals surface area contributed by atoms with Crippen molar-refractivity contribution >= 4 is 33.2 Å². The third-order valence-electron chi connectivity index (χ3n) is 9.24. The minimum Gasteiger partial charge on any atom is -0.490 e. The van der Waals surface area contributed by atoms with E-state index in [2.05, 4.69) is 21.8 Å². The van der Waals surface area contributed by atoms with E-state index < -0.39 is 27.3 Å².